The molecule has 10 heteroatoms. The molecule has 0 amide bonds. The average Bonchev–Trinajstić information content (AvgIpc) is 2.78. The molecular weight excluding hydrogens is 413 g/mol. The van der Waals surface area contributed by atoms with Crippen molar-refractivity contribution in [3.63, 3.8) is 0 Å². The fourth-order valence-electron chi connectivity index (χ4n) is 2.97. The first-order valence-electron chi connectivity index (χ1n) is 9.92. The maximum Gasteiger partial charge on any atom is 0.306 e. The van der Waals surface area contributed by atoms with Gasteiger partial charge in [0.1, 0.15) is 13.2 Å². The SMILES string of the molecule is CC1(P)N=NN2N=CC(c3cc[n+](CCCC(=O)OCc4ccccc4)cc3)=NC2=N1. The third-order valence-electron chi connectivity index (χ3n) is 4.57. The Bertz CT molecular complexity index is 1060. The van der Waals surface area contributed by atoms with Crippen LogP contribution in [0.15, 0.2) is 80.3 Å². The summed E-state index contributed by atoms with van der Waals surface area (Å²) in [6.07, 6.45) is 6.61. The van der Waals surface area contributed by atoms with Crippen molar-refractivity contribution in [3.05, 3.63) is 66.0 Å². The molecule has 2 aliphatic rings. The molecule has 158 valence electrons. The van der Waals surface area contributed by atoms with Gasteiger partial charge in [0.05, 0.1) is 18.3 Å². The zero-order valence-corrected chi connectivity index (χ0v) is 18.3. The number of ether oxygens (including phenoxy) is 1. The van der Waals surface area contributed by atoms with E-state index >= 15 is 0 Å². The molecule has 2 unspecified atom stereocenters. The van der Waals surface area contributed by atoms with E-state index < -0.39 is 5.40 Å². The number of pyridine rings is 1. The molecule has 9 nitrogen and oxygen atoms in total. The van der Waals surface area contributed by atoms with Gasteiger partial charge >= 0.3 is 5.97 Å². The highest BCUT2D eigenvalue weighted by Crippen LogP contribution is 2.27. The largest absolute Gasteiger partial charge is 0.461 e. The fraction of sp³-hybridized carbons (Fsp3) is 0.286. The molecule has 4 rings (SSSR count). The molecule has 2 atom stereocenters. The van der Waals surface area contributed by atoms with E-state index in [1.165, 1.54) is 5.12 Å². The van der Waals surface area contributed by atoms with Crippen molar-refractivity contribution >= 4 is 33.1 Å². The topological polar surface area (TPSA) is 95.2 Å². The van der Waals surface area contributed by atoms with Crippen LogP contribution in [-0.2, 0) is 22.7 Å². The summed E-state index contributed by atoms with van der Waals surface area (Å²) in [5, 5.41) is 12.8. The van der Waals surface area contributed by atoms with Crippen LogP contribution >= 0.6 is 9.24 Å². The number of esters is 1. The highest BCUT2D eigenvalue weighted by molar-refractivity contribution is 7.18. The lowest BCUT2D eigenvalue weighted by atomic mass is 10.1. The van der Waals surface area contributed by atoms with Gasteiger partial charge in [-0.15, -0.1) is 5.11 Å². The van der Waals surface area contributed by atoms with Crippen molar-refractivity contribution in [3.8, 4) is 0 Å². The standard InChI is InChI=1S/C21H23N7O2P/c1-21(31)24-20-23-18(14-22-28(20)26-25-21)17-9-12-27(13-10-17)11-5-8-19(29)30-15-16-6-3-2-4-7-16/h2-4,6-7,9-10,12-14H,5,8,11,15,31H2,1H3/q+1. The number of carbonyl (C=O) groups excluding carboxylic acids is 1. The first kappa shape index (κ1) is 20.9. The van der Waals surface area contributed by atoms with Crippen LogP contribution in [-0.4, -0.2) is 34.4 Å². The molecule has 0 radical (unpaired) electrons. The van der Waals surface area contributed by atoms with Crippen LogP contribution in [0.3, 0.4) is 0 Å². The fourth-order valence-corrected chi connectivity index (χ4v) is 3.13. The van der Waals surface area contributed by atoms with E-state index in [1.807, 2.05) is 66.3 Å². The monoisotopic (exact) mass is 436 g/mol. The van der Waals surface area contributed by atoms with Gasteiger partial charge in [0, 0.05) is 24.1 Å². The van der Waals surface area contributed by atoms with Gasteiger partial charge in [0.15, 0.2) is 17.8 Å². The molecule has 2 aliphatic heterocycles. The van der Waals surface area contributed by atoms with Crippen molar-refractivity contribution in [1.29, 1.82) is 0 Å². The molecule has 0 saturated carbocycles. The second-order valence-electron chi connectivity index (χ2n) is 7.30. The maximum absolute atomic E-state index is 11.9. The van der Waals surface area contributed by atoms with Crippen LogP contribution in [0.2, 0.25) is 0 Å². The summed E-state index contributed by atoms with van der Waals surface area (Å²) in [5.41, 5.74) is 2.60. The summed E-state index contributed by atoms with van der Waals surface area (Å²) in [7, 11) is 2.53. The van der Waals surface area contributed by atoms with E-state index in [0.29, 0.717) is 37.7 Å². The molecule has 1 aromatic carbocycles. The van der Waals surface area contributed by atoms with Crippen LogP contribution in [0, 0.1) is 0 Å². The molecule has 0 bridgehead atoms. The molecule has 1 aromatic heterocycles. The Morgan fingerprint density at radius 2 is 1.97 bits per heavy atom. The van der Waals surface area contributed by atoms with E-state index in [1.54, 1.807) is 6.21 Å². The van der Waals surface area contributed by atoms with Gasteiger partial charge in [-0.25, -0.2) is 14.6 Å². The van der Waals surface area contributed by atoms with Crippen LogP contribution in [0.5, 0.6) is 0 Å². The Kier molecular flexibility index (Phi) is 6.23. The Morgan fingerprint density at radius 1 is 1.19 bits per heavy atom. The molecule has 31 heavy (non-hydrogen) atoms. The second-order valence-corrected chi connectivity index (χ2v) is 8.39. The Morgan fingerprint density at radius 3 is 2.74 bits per heavy atom. The number of guanidine groups is 1. The highest BCUT2D eigenvalue weighted by atomic mass is 31.0. The van der Waals surface area contributed by atoms with Gasteiger partial charge in [0.25, 0.3) is 5.96 Å². The predicted molar refractivity (Wildman–Crippen MR) is 119 cm³/mol. The van der Waals surface area contributed by atoms with Crippen molar-refractivity contribution in [2.75, 3.05) is 0 Å². The minimum Gasteiger partial charge on any atom is -0.461 e. The first-order chi connectivity index (χ1) is 15.0. The number of aliphatic imine (C=N–C) groups is 2. The number of hydrogen-bond acceptors (Lipinski definition) is 8. The van der Waals surface area contributed by atoms with E-state index in [9.17, 15) is 4.79 Å². The smallest absolute Gasteiger partial charge is 0.306 e. The van der Waals surface area contributed by atoms with Gasteiger partial charge in [-0.05, 0) is 17.7 Å². The molecule has 2 aromatic rings. The molecule has 0 fully saturated rings. The summed E-state index contributed by atoms with van der Waals surface area (Å²) >= 11 is 0. The average molecular weight is 436 g/mol. The number of aromatic nitrogens is 1. The molecule has 3 heterocycles. The lowest BCUT2D eigenvalue weighted by molar-refractivity contribution is -0.697. The van der Waals surface area contributed by atoms with E-state index in [-0.39, 0.29) is 5.97 Å². The maximum atomic E-state index is 11.9. The quantitative estimate of drug-likeness (QED) is 0.379. The summed E-state index contributed by atoms with van der Waals surface area (Å²) in [6.45, 7) is 2.85. The molecule has 0 aliphatic carbocycles. The lowest BCUT2D eigenvalue weighted by Crippen LogP contribution is -2.34. The number of hydrogen-bond donors (Lipinski definition) is 0. The number of benzene rings is 1. The van der Waals surface area contributed by atoms with Gasteiger partial charge in [-0.2, -0.15) is 5.10 Å². The number of aryl methyl sites for hydroxylation is 1. The van der Waals surface area contributed by atoms with Crippen LogP contribution in [0.1, 0.15) is 30.9 Å². The zero-order chi connectivity index (χ0) is 21.7. The second kappa shape index (κ2) is 9.22. The number of fused-ring (bicyclic) bond motifs is 1. The predicted octanol–water partition coefficient (Wildman–Crippen LogP) is 2.87. The summed E-state index contributed by atoms with van der Waals surface area (Å²) in [6, 6.07) is 13.6. The van der Waals surface area contributed by atoms with Gasteiger partial charge in [-0.3, -0.25) is 4.79 Å². The molecule has 0 spiro atoms. The molecule has 0 saturated heterocycles. The van der Waals surface area contributed by atoms with Gasteiger partial charge in [0.2, 0.25) is 0 Å². The summed E-state index contributed by atoms with van der Waals surface area (Å²) in [5.74, 6) is 0.209. The van der Waals surface area contributed by atoms with Crippen molar-refractivity contribution < 1.29 is 14.1 Å². The number of carbonyl (C=O) groups is 1. The van der Waals surface area contributed by atoms with Gasteiger partial charge in [-0.1, -0.05) is 44.7 Å². The minimum absolute atomic E-state index is 0.190. The molecule has 0 N–H and O–H groups in total. The van der Waals surface area contributed by atoms with Crippen molar-refractivity contribution in [2.24, 2.45) is 25.4 Å². The van der Waals surface area contributed by atoms with Crippen LogP contribution < -0.4 is 4.57 Å². The zero-order valence-electron chi connectivity index (χ0n) is 17.1. The summed E-state index contributed by atoms with van der Waals surface area (Å²) < 4.78 is 7.33. The highest BCUT2D eigenvalue weighted by Gasteiger charge is 2.27. The van der Waals surface area contributed by atoms with E-state index in [0.717, 1.165) is 11.1 Å². The Labute approximate surface area is 182 Å². The third-order valence-corrected chi connectivity index (χ3v) is 4.82. The lowest BCUT2D eigenvalue weighted by Gasteiger charge is -2.24. The molecular formula is C21H23N7O2P+. The third kappa shape index (κ3) is 5.64. The van der Waals surface area contributed by atoms with Crippen molar-refractivity contribution in [2.45, 2.75) is 38.3 Å². The Balaban J connectivity index is 1.28. The van der Waals surface area contributed by atoms with E-state index in [2.05, 4.69) is 34.7 Å². The van der Waals surface area contributed by atoms with Crippen molar-refractivity contribution in [1.82, 2.24) is 5.12 Å². The Hall–Kier alpha value is -3.32. The normalized spacial score (nSPS) is 19.5. The number of rotatable bonds is 7. The number of hydrazone groups is 1. The van der Waals surface area contributed by atoms with E-state index in [4.69, 9.17) is 4.74 Å². The summed E-state index contributed by atoms with van der Waals surface area (Å²) in [4.78, 5) is 20.9. The number of nitrogens with zero attached hydrogens (tertiary/aromatic N) is 7. The van der Waals surface area contributed by atoms with Gasteiger partial charge < -0.3 is 4.74 Å². The van der Waals surface area contributed by atoms with Crippen LogP contribution in [0.25, 0.3) is 0 Å². The van der Waals surface area contributed by atoms with Crippen LogP contribution in [0.4, 0.5) is 0 Å². The minimum atomic E-state index is -0.727. The first-order valence-corrected chi connectivity index (χ1v) is 10.5.